The van der Waals surface area contributed by atoms with Crippen LogP contribution in [0.2, 0.25) is 0 Å². The van der Waals surface area contributed by atoms with Crippen LogP contribution < -0.4 is 5.73 Å². The summed E-state index contributed by atoms with van der Waals surface area (Å²) in [4.78, 5) is 14.8. The minimum atomic E-state index is -0.569. The van der Waals surface area contributed by atoms with Crippen molar-refractivity contribution in [2.75, 3.05) is 6.54 Å². The van der Waals surface area contributed by atoms with Crippen molar-refractivity contribution < 1.29 is 4.79 Å². The third kappa shape index (κ3) is 3.42. The molecular formula is C24H28N2O. The van der Waals surface area contributed by atoms with Crippen molar-refractivity contribution in [2.45, 2.75) is 39.0 Å². The number of nitrogens with zero attached hydrogens (tertiary/aromatic N) is 1. The monoisotopic (exact) mass is 360 g/mol. The molecule has 0 aromatic heterocycles. The van der Waals surface area contributed by atoms with E-state index in [1.165, 1.54) is 0 Å². The maximum atomic E-state index is 12.5. The molecule has 0 saturated carbocycles. The molecule has 27 heavy (non-hydrogen) atoms. The van der Waals surface area contributed by atoms with Gasteiger partial charge in [0.2, 0.25) is 5.91 Å². The van der Waals surface area contributed by atoms with E-state index in [1.54, 1.807) is 0 Å². The fraction of sp³-hybridized carbons (Fsp3) is 0.292. The fourth-order valence-corrected chi connectivity index (χ4v) is 4.10. The lowest BCUT2D eigenvalue weighted by Gasteiger charge is -2.32. The van der Waals surface area contributed by atoms with E-state index in [2.05, 4.69) is 49.1 Å². The zero-order valence-corrected chi connectivity index (χ0v) is 16.4. The topological polar surface area (TPSA) is 46.3 Å². The van der Waals surface area contributed by atoms with Gasteiger partial charge in [-0.25, -0.2) is 0 Å². The van der Waals surface area contributed by atoms with Crippen LogP contribution in [0.4, 0.5) is 0 Å². The Kier molecular flexibility index (Phi) is 5.50. The van der Waals surface area contributed by atoms with E-state index in [0.29, 0.717) is 5.57 Å². The second-order valence-electron chi connectivity index (χ2n) is 7.26. The van der Waals surface area contributed by atoms with Crippen LogP contribution in [0, 0.1) is 0 Å². The molecule has 1 aliphatic heterocycles. The van der Waals surface area contributed by atoms with Crippen molar-refractivity contribution in [3.05, 3.63) is 88.8 Å². The van der Waals surface area contributed by atoms with Gasteiger partial charge in [-0.1, -0.05) is 74.0 Å². The number of benzene rings is 2. The Morgan fingerprint density at radius 1 is 1.07 bits per heavy atom. The number of hydrogen-bond acceptors (Lipinski definition) is 2. The molecule has 2 N–H and O–H groups in total. The van der Waals surface area contributed by atoms with Gasteiger partial charge in [-0.3, -0.25) is 4.79 Å². The molecule has 0 fully saturated rings. The summed E-state index contributed by atoms with van der Waals surface area (Å²) in [5.74, 6) is -0.350. The van der Waals surface area contributed by atoms with Crippen LogP contribution >= 0.6 is 0 Å². The van der Waals surface area contributed by atoms with E-state index in [-0.39, 0.29) is 5.91 Å². The van der Waals surface area contributed by atoms with E-state index in [4.69, 9.17) is 5.73 Å². The van der Waals surface area contributed by atoms with Crippen LogP contribution in [0.5, 0.6) is 0 Å². The quantitative estimate of drug-likeness (QED) is 0.799. The first-order valence-corrected chi connectivity index (χ1v) is 9.61. The molecule has 3 rings (SSSR count). The third-order valence-corrected chi connectivity index (χ3v) is 5.51. The molecule has 3 nitrogen and oxygen atoms in total. The van der Waals surface area contributed by atoms with Gasteiger partial charge in [-0.05, 0) is 37.5 Å². The highest BCUT2D eigenvalue weighted by Crippen LogP contribution is 2.49. The van der Waals surface area contributed by atoms with Crippen molar-refractivity contribution in [1.29, 1.82) is 0 Å². The molecule has 0 radical (unpaired) electrons. The van der Waals surface area contributed by atoms with Gasteiger partial charge in [0, 0.05) is 17.9 Å². The highest BCUT2D eigenvalue weighted by molar-refractivity contribution is 5.98. The molecule has 2 aromatic carbocycles. The van der Waals surface area contributed by atoms with E-state index in [1.807, 2.05) is 43.3 Å². The van der Waals surface area contributed by atoms with E-state index in [9.17, 15) is 4.79 Å². The molecule has 1 amide bonds. The summed E-state index contributed by atoms with van der Waals surface area (Å²) < 4.78 is 0. The lowest BCUT2D eigenvalue weighted by Crippen LogP contribution is -2.33. The van der Waals surface area contributed by atoms with Crippen molar-refractivity contribution in [2.24, 2.45) is 5.73 Å². The van der Waals surface area contributed by atoms with Crippen LogP contribution in [0.1, 0.15) is 44.7 Å². The minimum absolute atomic E-state index is 0.350. The maximum Gasteiger partial charge on any atom is 0.247 e. The normalized spacial score (nSPS) is 21.1. The Hall–Kier alpha value is -2.81. The van der Waals surface area contributed by atoms with Gasteiger partial charge in [-0.2, -0.15) is 0 Å². The van der Waals surface area contributed by atoms with Crippen molar-refractivity contribution in [1.82, 2.24) is 4.90 Å². The summed E-state index contributed by atoms with van der Waals surface area (Å²) in [6.07, 6.45) is 4.35. The van der Waals surface area contributed by atoms with Gasteiger partial charge in [0.1, 0.15) is 0 Å². The summed E-state index contributed by atoms with van der Waals surface area (Å²) in [5.41, 5.74) is 10.3. The Balaban J connectivity index is 2.24. The maximum absolute atomic E-state index is 12.5. The number of carbonyl (C=O) groups is 1. The van der Waals surface area contributed by atoms with Gasteiger partial charge in [0.25, 0.3) is 0 Å². The van der Waals surface area contributed by atoms with Gasteiger partial charge in [-0.15, -0.1) is 0 Å². The zero-order chi connectivity index (χ0) is 19.4. The molecule has 1 heterocycles. The highest BCUT2D eigenvalue weighted by atomic mass is 16.1. The molecule has 2 aromatic rings. The smallest absolute Gasteiger partial charge is 0.247 e. The predicted octanol–water partition coefficient (Wildman–Crippen LogP) is 4.86. The Bertz CT molecular complexity index is 868. The van der Waals surface area contributed by atoms with Crippen LogP contribution in [-0.2, 0) is 10.2 Å². The molecule has 140 valence electrons. The molecule has 1 unspecified atom stereocenters. The first kappa shape index (κ1) is 19.0. The van der Waals surface area contributed by atoms with Crippen molar-refractivity contribution in [3.63, 3.8) is 0 Å². The van der Waals surface area contributed by atoms with E-state index >= 15 is 0 Å². The Labute approximate surface area is 162 Å². The Morgan fingerprint density at radius 2 is 1.67 bits per heavy atom. The van der Waals surface area contributed by atoms with Crippen molar-refractivity contribution in [3.8, 4) is 0 Å². The molecular weight excluding hydrogens is 332 g/mol. The minimum Gasteiger partial charge on any atom is -0.366 e. The number of rotatable bonds is 6. The van der Waals surface area contributed by atoms with Gasteiger partial charge < -0.3 is 10.6 Å². The number of hydrogen-bond donors (Lipinski definition) is 1. The molecule has 0 saturated heterocycles. The van der Waals surface area contributed by atoms with Gasteiger partial charge >= 0.3 is 0 Å². The first-order valence-electron chi connectivity index (χ1n) is 9.61. The van der Waals surface area contributed by atoms with Crippen molar-refractivity contribution >= 4 is 12.0 Å². The second kappa shape index (κ2) is 7.83. The second-order valence-corrected chi connectivity index (χ2v) is 7.26. The first-order chi connectivity index (χ1) is 13.0. The van der Waals surface area contributed by atoms with Crippen LogP contribution in [0.15, 0.2) is 77.6 Å². The zero-order valence-electron chi connectivity index (χ0n) is 16.4. The lowest BCUT2D eigenvalue weighted by atomic mass is 9.74. The summed E-state index contributed by atoms with van der Waals surface area (Å²) in [7, 11) is 0. The van der Waals surface area contributed by atoms with E-state index in [0.717, 1.165) is 41.9 Å². The summed E-state index contributed by atoms with van der Waals surface area (Å²) in [5, 5.41) is 0. The summed E-state index contributed by atoms with van der Waals surface area (Å²) in [6.45, 7) is 7.19. The number of unbranched alkanes of at least 4 members (excludes halogenated alkanes) is 1. The number of amides is 1. The fourth-order valence-electron chi connectivity index (χ4n) is 4.10. The third-order valence-electron chi connectivity index (χ3n) is 5.51. The molecule has 0 aliphatic carbocycles. The van der Waals surface area contributed by atoms with Crippen LogP contribution in [0.3, 0.4) is 0 Å². The largest absolute Gasteiger partial charge is 0.366 e. The van der Waals surface area contributed by atoms with E-state index < -0.39 is 5.41 Å². The highest BCUT2D eigenvalue weighted by Gasteiger charge is 2.47. The number of allylic oxidation sites excluding steroid dienone is 2. The molecule has 0 spiro atoms. The van der Waals surface area contributed by atoms with Gasteiger partial charge in [0.15, 0.2) is 0 Å². The summed E-state index contributed by atoms with van der Waals surface area (Å²) in [6, 6.07) is 20.5. The average Bonchev–Trinajstić information content (AvgIpc) is 2.89. The summed E-state index contributed by atoms with van der Waals surface area (Å²) >= 11 is 0. The van der Waals surface area contributed by atoms with Crippen LogP contribution in [0.25, 0.3) is 6.08 Å². The van der Waals surface area contributed by atoms with Gasteiger partial charge in [0.05, 0.1) is 11.0 Å². The average molecular weight is 361 g/mol. The number of nitrogens with two attached hydrogens (primary N) is 1. The number of carbonyl (C=O) groups excluding carboxylic acids is 1. The van der Waals surface area contributed by atoms with Crippen LogP contribution in [-0.4, -0.2) is 17.4 Å². The molecule has 1 atom stereocenters. The predicted molar refractivity (Wildman–Crippen MR) is 112 cm³/mol. The molecule has 1 aliphatic rings. The lowest BCUT2D eigenvalue weighted by molar-refractivity contribution is -0.115. The number of primary amides is 1. The Morgan fingerprint density at radius 3 is 2.22 bits per heavy atom. The molecule has 3 heteroatoms. The standard InChI is InChI=1S/C24H28N2O/c1-4-5-16-26-18(2)22(23(25)27)24(3,20-14-10-7-11-15-20)21(26)17-19-12-8-6-9-13-19/h6-15,17H,4-5,16H2,1-3H3,(H2,25,27)/b21-17-. The molecule has 0 bridgehead atoms. The SMILES string of the molecule is CCCCN1C(C)=C(C(N)=O)C(C)(c2ccccc2)/C1=C/c1ccccc1.